The molecule has 24 heavy (non-hydrogen) atoms. The molecule has 1 N–H and O–H groups in total. The van der Waals surface area contributed by atoms with Crippen molar-refractivity contribution in [2.75, 3.05) is 5.75 Å². The number of H-pyrrole nitrogens is 1. The van der Waals surface area contributed by atoms with Gasteiger partial charge in [0.1, 0.15) is 0 Å². The lowest BCUT2D eigenvalue weighted by molar-refractivity contribution is 0.102. The van der Waals surface area contributed by atoms with E-state index in [1.165, 1.54) is 17.8 Å². The molecule has 1 heterocycles. The van der Waals surface area contributed by atoms with Crippen LogP contribution in [-0.2, 0) is 6.42 Å². The molecule has 0 fully saturated rings. The normalized spacial score (nSPS) is 10.9. The van der Waals surface area contributed by atoms with Gasteiger partial charge in [0.05, 0.1) is 5.75 Å². The summed E-state index contributed by atoms with van der Waals surface area (Å²) in [6.07, 6.45) is 1.69. The van der Waals surface area contributed by atoms with Gasteiger partial charge in [-0.3, -0.25) is 9.59 Å². The zero-order chi connectivity index (χ0) is 16.9. The van der Waals surface area contributed by atoms with E-state index in [1.807, 2.05) is 49.4 Å². The number of benzene rings is 2. The summed E-state index contributed by atoms with van der Waals surface area (Å²) in [5.41, 5.74) is 1.27. The number of carbonyl (C=O) groups is 1. The lowest BCUT2D eigenvalue weighted by atomic mass is 10.1. The number of Topliss-reactive ketones (excluding diaryl/α,β-unsaturated/α-hetero) is 1. The lowest BCUT2D eigenvalue weighted by Crippen LogP contribution is -2.11. The van der Waals surface area contributed by atoms with Crippen LogP contribution in [0.25, 0.3) is 10.8 Å². The molecule has 0 aliphatic rings. The Balaban J connectivity index is 1.73. The number of nitrogens with zero attached hydrogens (tertiary/aromatic N) is 1. The molecule has 0 aliphatic heterocycles. The van der Waals surface area contributed by atoms with E-state index in [1.54, 1.807) is 0 Å². The molecule has 0 spiro atoms. The van der Waals surface area contributed by atoms with Crippen LogP contribution >= 0.6 is 11.8 Å². The van der Waals surface area contributed by atoms with Gasteiger partial charge in [-0.15, -0.1) is 0 Å². The zero-order valence-corrected chi connectivity index (χ0v) is 14.2. The van der Waals surface area contributed by atoms with Crippen molar-refractivity contribution in [1.82, 2.24) is 9.97 Å². The fourth-order valence-corrected chi connectivity index (χ4v) is 3.31. The number of nitrogens with one attached hydrogen (secondary N) is 1. The van der Waals surface area contributed by atoms with Gasteiger partial charge < -0.3 is 4.98 Å². The van der Waals surface area contributed by atoms with Crippen LogP contribution in [0, 0.1) is 0 Å². The first-order valence-corrected chi connectivity index (χ1v) is 8.89. The SMILES string of the molecule is CCCc1cc(=O)[nH]c(SCC(=O)c2ccc3ccccc3c2)n1. The van der Waals surface area contributed by atoms with Crippen molar-refractivity contribution >= 4 is 28.3 Å². The molecule has 1 aromatic heterocycles. The molecular weight excluding hydrogens is 320 g/mol. The first-order chi connectivity index (χ1) is 11.7. The average Bonchev–Trinajstić information content (AvgIpc) is 2.59. The number of aromatic amines is 1. The Bertz CT molecular complexity index is 934. The van der Waals surface area contributed by atoms with E-state index in [2.05, 4.69) is 9.97 Å². The minimum absolute atomic E-state index is 0.0225. The molecule has 0 bridgehead atoms. The second kappa shape index (κ2) is 7.45. The molecule has 0 unspecified atom stereocenters. The van der Waals surface area contributed by atoms with E-state index in [9.17, 15) is 9.59 Å². The number of fused-ring (bicyclic) bond motifs is 1. The number of thioether (sulfide) groups is 1. The van der Waals surface area contributed by atoms with Gasteiger partial charge in [-0.2, -0.15) is 0 Å². The Morgan fingerprint density at radius 1 is 1.12 bits per heavy atom. The van der Waals surface area contributed by atoms with E-state index < -0.39 is 0 Å². The van der Waals surface area contributed by atoms with Crippen LogP contribution < -0.4 is 5.56 Å². The van der Waals surface area contributed by atoms with E-state index >= 15 is 0 Å². The summed E-state index contributed by atoms with van der Waals surface area (Å²) in [7, 11) is 0. The highest BCUT2D eigenvalue weighted by molar-refractivity contribution is 7.99. The van der Waals surface area contributed by atoms with Crippen LogP contribution in [0.5, 0.6) is 0 Å². The summed E-state index contributed by atoms with van der Waals surface area (Å²) in [5, 5.41) is 2.66. The van der Waals surface area contributed by atoms with Crippen molar-refractivity contribution in [2.24, 2.45) is 0 Å². The fourth-order valence-electron chi connectivity index (χ4n) is 2.52. The predicted octanol–water partition coefficient (Wildman–Crippen LogP) is 3.85. The molecule has 2 aromatic carbocycles. The number of aromatic nitrogens is 2. The summed E-state index contributed by atoms with van der Waals surface area (Å²) in [6.45, 7) is 2.04. The molecule has 0 saturated carbocycles. The summed E-state index contributed by atoms with van der Waals surface area (Å²) in [5.74, 6) is 0.269. The molecule has 4 nitrogen and oxygen atoms in total. The number of carbonyl (C=O) groups excluding carboxylic acids is 1. The van der Waals surface area contributed by atoms with Gasteiger partial charge in [0, 0.05) is 17.3 Å². The van der Waals surface area contributed by atoms with E-state index in [4.69, 9.17) is 0 Å². The second-order valence-corrected chi connectivity index (χ2v) is 6.53. The summed E-state index contributed by atoms with van der Waals surface area (Å²) in [4.78, 5) is 31.2. The van der Waals surface area contributed by atoms with E-state index in [-0.39, 0.29) is 17.1 Å². The van der Waals surface area contributed by atoms with Gasteiger partial charge in [0.15, 0.2) is 10.9 Å². The highest BCUT2D eigenvalue weighted by Crippen LogP contribution is 2.19. The minimum Gasteiger partial charge on any atom is -0.301 e. The lowest BCUT2D eigenvalue weighted by Gasteiger charge is -2.04. The van der Waals surface area contributed by atoms with E-state index in [0.29, 0.717) is 10.7 Å². The summed E-state index contributed by atoms with van der Waals surface area (Å²) in [6, 6.07) is 15.2. The van der Waals surface area contributed by atoms with Gasteiger partial charge >= 0.3 is 0 Å². The Morgan fingerprint density at radius 2 is 1.92 bits per heavy atom. The Labute approximate surface area is 144 Å². The van der Waals surface area contributed by atoms with Crippen molar-refractivity contribution in [3.63, 3.8) is 0 Å². The third-order valence-electron chi connectivity index (χ3n) is 3.69. The molecular formula is C19H18N2O2S. The van der Waals surface area contributed by atoms with Crippen LogP contribution in [0.4, 0.5) is 0 Å². The van der Waals surface area contributed by atoms with Crippen molar-refractivity contribution in [2.45, 2.75) is 24.9 Å². The highest BCUT2D eigenvalue weighted by Gasteiger charge is 2.09. The van der Waals surface area contributed by atoms with Crippen molar-refractivity contribution < 1.29 is 4.79 Å². The third-order valence-corrected chi connectivity index (χ3v) is 4.56. The topological polar surface area (TPSA) is 62.8 Å². The first-order valence-electron chi connectivity index (χ1n) is 7.91. The van der Waals surface area contributed by atoms with Crippen LogP contribution in [0.3, 0.4) is 0 Å². The number of aryl methyl sites for hydroxylation is 1. The molecule has 0 saturated heterocycles. The summed E-state index contributed by atoms with van der Waals surface area (Å²) >= 11 is 1.27. The van der Waals surface area contributed by atoms with Crippen LogP contribution in [0.1, 0.15) is 29.4 Å². The van der Waals surface area contributed by atoms with Gasteiger partial charge in [0.2, 0.25) is 0 Å². The van der Waals surface area contributed by atoms with Crippen LogP contribution in [-0.4, -0.2) is 21.5 Å². The van der Waals surface area contributed by atoms with Crippen molar-refractivity contribution in [3.8, 4) is 0 Å². The first kappa shape index (κ1) is 16.5. The average molecular weight is 338 g/mol. The zero-order valence-electron chi connectivity index (χ0n) is 13.4. The molecule has 0 atom stereocenters. The predicted molar refractivity (Wildman–Crippen MR) is 97.9 cm³/mol. The fraction of sp³-hybridized carbons (Fsp3) is 0.211. The number of ketones is 1. The molecule has 0 amide bonds. The standard InChI is InChI=1S/C19H18N2O2S/c1-2-5-16-11-18(23)21-19(20-16)24-12-17(22)15-9-8-13-6-3-4-7-14(13)10-15/h3-4,6-11H,2,5,12H2,1H3,(H,20,21,23). The maximum Gasteiger partial charge on any atom is 0.251 e. The number of hydrogen-bond donors (Lipinski definition) is 1. The summed E-state index contributed by atoms with van der Waals surface area (Å²) < 4.78 is 0. The quantitative estimate of drug-likeness (QED) is 0.421. The molecule has 0 aliphatic carbocycles. The van der Waals surface area contributed by atoms with Gasteiger partial charge in [-0.1, -0.05) is 61.5 Å². The van der Waals surface area contributed by atoms with Gasteiger partial charge in [-0.05, 0) is 23.3 Å². The minimum atomic E-state index is -0.172. The molecule has 3 rings (SSSR count). The molecule has 5 heteroatoms. The van der Waals surface area contributed by atoms with Gasteiger partial charge in [-0.25, -0.2) is 4.98 Å². The molecule has 3 aromatic rings. The smallest absolute Gasteiger partial charge is 0.251 e. The van der Waals surface area contributed by atoms with Crippen LogP contribution in [0.2, 0.25) is 0 Å². The second-order valence-electron chi connectivity index (χ2n) is 5.57. The maximum atomic E-state index is 12.4. The maximum absolute atomic E-state index is 12.4. The third kappa shape index (κ3) is 3.92. The van der Waals surface area contributed by atoms with Crippen molar-refractivity contribution in [1.29, 1.82) is 0 Å². The Morgan fingerprint density at radius 3 is 2.71 bits per heavy atom. The van der Waals surface area contributed by atoms with Gasteiger partial charge in [0.25, 0.3) is 5.56 Å². The monoisotopic (exact) mass is 338 g/mol. The van der Waals surface area contributed by atoms with Crippen LogP contribution in [0.15, 0.2) is 58.5 Å². The number of hydrogen-bond acceptors (Lipinski definition) is 4. The van der Waals surface area contributed by atoms with Crippen molar-refractivity contribution in [3.05, 3.63) is 70.1 Å². The molecule has 0 radical (unpaired) electrons. The Kier molecular flexibility index (Phi) is 5.11. The molecule has 122 valence electrons. The highest BCUT2D eigenvalue weighted by atomic mass is 32.2. The number of rotatable bonds is 6. The van der Waals surface area contributed by atoms with E-state index in [0.717, 1.165) is 29.3 Å². The Hall–Kier alpha value is -2.40. The largest absolute Gasteiger partial charge is 0.301 e.